The van der Waals surface area contributed by atoms with Gasteiger partial charge in [0.1, 0.15) is 0 Å². The van der Waals surface area contributed by atoms with Crippen LogP contribution in [0.2, 0.25) is 0 Å². The second-order valence-electron chi connectivity index (χ2n) is 5.72. The highest BCUT2D eigenvalue weighted by Gasteiger charge is 2.21. The smallest absolute Gasteiger partial charge is 0.338 e. The molecule has 1 atom stereocenters. The lowest BCUT2D eigenvalue weighted by molar-refractivity contribution is -0.385. The third-order valence-electron chi connectivity index (χ3n) is 3.93. The molecule has 0 amide bonds. The van der Waals surface area contributed by atoms with Gasteiger partial charge in [0.25, 0.3) is 5.69 Å². The van der Waals surface area contributed by atoms with Gasteiger partial charge in [0.05, 0.1) is 10.5 Å². The standard InChI is InChI=1S/C19H19NO5/c1-4-14-5-7-15(8-6-14)18(21)13(3)25-19(22)16-9-10-17(20(23)24)12(2)11-16/h5-11,13H,4H2,1-3H3/t13-/m1/s1. The van der Waals surface area contributed by atoms with E-state index in [1.165, 1.54) is 25.1 Å². The summed E-state index contributed by atoms with van der Waals surface area (Å²) in [4.78, 5) is 34.8. The van der Waals surface area contributed by atoms with Gasteiger partial charge in [-0.1, -0.05) is 31.2 Å². The van der Waals surface area contributed by atoms with Crippen molar-refractivity contribution in [1.82, 2.24) is 0 Å². The van der Waals surface area contributed by atoms with Crippen LogP contribution in [0.1, 0.15) is 45.7 Å². The summed E-state index contributed by atoms with van der Waals surface area (Å²) < 4.78 is 5.21. The van der Waals surface area contributed by atoms with Crippen LogP contribution in [-0.2, 0) is 11.2 Å². The van der Waals surface area contributed by atoms with E-state index in [-0.39, 0.29) is 17.0 Å². The summed E-state index contributed by atoms with van der Waals surface area (Å²) in [5.41, 5.74) is 2.04. The second kappa shape index (κ2) is 7.70. The zero-order valence-corrected chi connectivity index (χ0v) is 14.3. The van der Waals surface area contributed by atoms with Gasteiger partial charge in [-0.15, -0.1) is 0 Å². The van der Waals surface area contributed by atoms with Crippen molar-refractivity contribution < 1.29 is 19.2 Å². The molecule has 6 heteroatoms. The molecule has 2 rings (SSSR count). The molecule has 2 aromatic carbocycles. The maximum atomic E-state index is 12.4. The van der Waals surface area contributed by atoms with Gasteiger partial charge in [0.2, 0.25) is 5.78 Å². The van der Waals surface area contributed by atoms with Crippen molar-refractivity contribution >= 4 is 17.4 Å². The van der Waals surface area contributed by atoms with Crippen molar-refractivity contribution in [2.24, 2.45) is 0 Å². The number of nitro groups is 1. The molecule has 0 bridgehead atoms. The molecule has 25 heavy (non-hydrogen) atoms. The first-order valence-corrected chi connectivity index (χ1v) is 7.92. The van der Waals surface area contributed by atoms with Gasteiger partial charge in [-0.3, -0.25) is 14.9 Å². The third-order valence-corrected chi connectivity index (χ3v) is 3.93. The van der Waals surface area contributed by atoms with Gasteiger partial charge in [-0.05, 0) is 38.0 Å². The number of rotatable bonds is 6. The maximum absolute atomic E-state index is 12.4. The monoisotopic (exact) mass is 341 g/mol. The number of hydrogen-bond donors (Lipinski definition) is 0. The largest absolute Gasteiger partial charge is 0.451 e. The summed E-state index contributed by atoms with van der Waals surface area (Å²) in [5, 5.41) is 10.8. The highest BCUT2D eigenvalue weighted by molar-refractivity contribution is 6.01. The van der Waals surface area contributed by atoms with Crippen LogP contribution >= 0.6 is 0 Å². The molecule has 0 spiro atoms. The zero-order valence-electron chi connectivity index (χ0n) is 14.3. The molecule has 130 valence electrons. The molecule has 0 N–H and O–H groups in total. The third kappa shape index (κ3) is 4.29. The van der Waals surface area contributed by atoms with Crippen LogP contribution in [0.5, 0.6) is 0 Å². The molecule has 0 heterocycles. The fourth-order valence-electron chi connectivity index (χ4n) is 2.41. The first-order valence-electron chi connectivity index (χ1n) is 7.92. The number of hydrogen-bond acceptors (Lipinski definition) is 5. The molecule has 0 saturated heterocycles. The summed E-state index contributed by atoms with van der Waals surface area (Å²) in [7, 11) is 0. The Bertz CT molecular complexity index is 811. The fourth-order valence-corrected chi connectivity index (χ4v) is 2.41. The van der Waals surface area contributed by atoms with Crippen molar-refractivity contribution in [3.05, 3.63) is 74.8 Å². The summed E-state index contributed by atoms with van der Waals surface area (Å²) in [5.74, 6) is -0.987. The minimum Gasteiger partial charge on any atom is -0.451 e. The molecule has 0 aliphatic heterocycles. The van der Waals surface area contributed by atoms with E-state index < -0.39 is 17.0 Å². The molecule has 6 nitrogen and oxygen atoms in total. The second-order valence-corrected chi connectivity index (χ2v) is 5.72. The Balaban J connectivity index is 2.09. The predicted octanol–water partition coefficient (Wildman–Crippen LogP) is 3.89. The van der Waals surface area contributed by atoms with Crippen LogP contribution in [-0.4, -0.2) is 22.8 Å². The van der Waals surface area contributed by atoms with E-state index >= 15 is 0 Å². The Kier molecular flexibility index (Phi) is 5.64. The van der Waals surface area contributed by atoms with Gasteiger partial charge < -0.3 is 4.74 Å². The van der Waals surface area contributed by atoms with Crippen LogP contribution in [0.15, 0.2) is 42.5 Å². The molecular weight excluding hydrogens is 322 g/mol. The number of ether oxygens (including phenoxy) is 1. The van der Waals surface area contributed by atoms with Crippen molar-refractivity contribution in [3.8, 4) is 0 Å². The van der Waals surface area contributed by atoms with Crippen LogP contribution < -0.4 is 0 Å². The average molecular weight is 341 g/mol. The molecule has 0 aliphatic carbocycles. The lowest BCUT2D eigenvalue weighted by Crippen LogP contribution is -2.24. The minimum atomic E-state index is -0.949. The Morgan fingerprint density at radius 1 is 1.12 bits per heavy atom. The number of esters is 1. The molecular formula is C19H19NO5. The number of ketones is 1. The Labute approximate surface area is 145 Å². The molecule has 0 radical (unpaired) electrons. The summed E-state index contributed by atoms with van der Waals surface area (Å²) in [6, 6.07) is 11.1. The number of carbonyl (C=O) groups excluding carboxylic acids is 2. The molecule has 0 fully saturated rings. The van der Waals surface area contributed by atoms with Crippen molar-refractivity contribution in [2.75, 3.05) is 0 Å². The van der Waals surface area contributed by atoms with Crippen molar-refractivity contribution in [1.29, 1.82) is 0 Å². The molecule has 2 aromatic rings. The first-order chi connectivity index (χ1) is 11.8. The minimum absolute atomic E-state index is 0.0725. The van der Waals surface area contributed by atoms with Gasteiger partial charge in [-0.2, -0.15) is 0 Å². The predicted molar refractivity (Wildman–Crippen MR) is 92.9 cm³/mol. The Morgan fingerprint density at radius 2 is 1.72 bits per heavy atom. The van der Waals surface area contributed by atoms with E-state index in [1.807, 2.05) is 19.1 Å². The van der Waals surface area contributed by atoms with Crippen LogP contribution in [0, 0.1) is 17.0 Å². The van der Waals surface area contributed by atoms with Crippen molar-refractivity contribution in [2.45, 2.75) is 33.3 Å². The van der Waals surface area contributed by atoms with Crippen LogP contribution in [0.4, 0.5) is 5.69 Å². The quantitative estimate of drug-likeness (QED) is 0.344. The van der Waals surface area contributed by atoms with E-state index in [0.29, 0.717) is 11.1 Å². The maximum Gasteiger partial charge on any atom is 0.338 e. The lowest BCUT2D eigenvalue weighted by atomic mass is 10.0. The number of nitro benzene ring substituents is 1. The number of carbonyl (C=O) groups is 2. The van der Waals surface area contributed by atoms with Crippen LogP contribution in [0.3, 0.4) is 0 Å². The number of benzene rings is 2. The molecule has 0 aromatic heterocycles. The number of aryl methyl sites for hydroxylation is 2. The normalized spacial score (nSPS) is 11.6. The van der Waals surface area contributed by atoms with Gasteiger partial charge in [-0.25, -0.2) is 4.79 Å². The zero-order chi connectivity index (χ0) is 18.6. The van der Waals surface area contributed by atoms with Gasteiger partial charge >= 0.3 is 5.97 Å². The Morgan fingerprint density at radius 3 is 2.24 bits per heavy atom. The average Bonchev–Trinajstić information content (AvgIpc) is 2.60. The SMILES string of the molecule is CCc1ccc(C(=O)[C@@H](C)OC(=O)c2ccc([N+](=O)[O-])c(C)c2)cc1. The summed E-state index contributed by atoms with van der Waals surface area (Å²) in [6.45, 7) is 5.07. The summed E-state index contributed by atoms with van der Waals surface area (Å²) in [6.07, 6.45) is -0.0751. The fraction of sp³-hybridized carbons (Fsp3) is 0.263. The van der Waals surface area contributed by atoms with E-state index in [2.05, 4.69) is 0 Å². The summed E-state index contributed by atoms with van der Waals surface area (Å²) >= 11 is 0. The van der Waals surface area contributed by atoms with E-state index in [0.717, 1.165) is 12.0 Å². The van der Waals surface area contributed by atoms with Crippen LogP contribution in [0.25, 0.3) is 0 Å². The molecule has 0 aliphatic rings. The number of nitrogens with zero attached hydrogens (tertiary/aromatic N) is 1. The highest BCUT2D eigenvalue weighted by atomic mass is 16.6. The Hall–Kier alpha value is -3.02. The highest BCUT2D eigenvalue weighted by Crippen LogP contribution is 2.20. The van der Waals surface area contributed by atoms with Gasteiger partial charge in [0, 0.05) is 17.2 Å². The van der Waals surface area contributed by atoms with E-state index in [1.54, 1.807) is 19.1 Å². The topological polar surface area (TPSA) is 86.5 Å². The lowest BCUT2D eigenvalue weighted by Gasteiger charge is -2.13. The first kappa shape index (κ1) is 18.3. The number of Topliss-reactive ketones (excluding diaryl/α,β-unsaturated/α-hetero) is 1. The van der Waals surface area contributed by atoms with E-state index in [4.69, 9.17) is 4.74 Å². The van der Waals surface area contributed by atoms with E-state index in [9.17, 15) is 19.7 Å². The van der Waals surface area contributed by atoms with Crippen molar-refractivity contribution in [3.63, 3.8) is 0 Å². The molecule has 0 saturated carbocycles. The molecule has 0 unspecified atom stereocenters. The van der Waals surface area contributed by atoms with Gasteiger partial charge in [0.15, 0.2) is 6.10 Å².